The molecule has 3 rings (SSSR count). The Hall–Kier alpha value is -2.04. The van der Waals surface area contributed by atoms with Gasteiger partial charge in [0.2, 0.25) is 0 Å². The van der Waals surface area contributed by atoms with Crippen molar-refractivity contribution in [1.29, 1.82) is 0 Å². The van der Waals surface area contributed by atoms with Gasteiger partial charge in [0.25, 0.3) is 5.91 Å². The van der Waals surface area contributed by atoms with Crippen molar-refractivity contribution in [3.05, 3.63) is 29.8 Å². The van der Waals surface area contributed by atoms with Gasteiger partial charge in [0, 0.05) is 11.6 Å². The highest BCUT2D eigenvalue weighted by Gasteiger charge is 2.23. The maximum Gasteiger partial charge on any atom is 0.347 e. The summed E-state index contributed by atoms with van der Waals surface area (Å²) in [6.07, 6.45) is 10.5. The zero-order chi connectivity index (χ0) is 19.1. The van der Waals surface area contributed by atoms with Crippen LogP contribution in [-0.2, 0) is 9.53 Å². The monoisotopic (exact) mass is 373 g/mol. The molecule has 0 aromatic heterocycles. The van der Waals surface area contributed by atoms with Crippen molar-refractivity contribution >= 4 is 11.9 Å². The van der Waals surface area contributed by atoms with E-state index in [1.807, 2.05) is 0 Å². The second-order valence-corrected chi connectivity index (χ2v) is 7.79. The van der Waals surface area contributed by atoms with Crippen LogP contribution in [0.1, 0.15) is 81.5 Å². The van der Waals surface area contributed by atoms with Gasteiger partial charge in [0.15, 0.2) is 6.10 Å². The summed E-state index contributed by atoms with van der Waals surface area (Å²) in [6.45, 7) is 1.70. The van der Waals surface area contributed by atoms with Gasteiger partial charge in [-0.15, -0.1) is 0 Å². The molecule has 0 radical (unpaired) electrons. The number of rotatable bonds is 6. The highest BCUT2D eigenvalue weighted by molar-refractivity contribution is 5.94. The molecule has 148 valence electrons. The third-order valence-electron chi connectivity index (χ3n) is 5.54. The lowest BCUT2D eigenvalue weighted by atomic mass is 9.95. The normalized spacial score (nSPS) is 19.9. The quantitative estimate of drug-likeness (QED) is 0.751. The van der Waals surface area contributed by atoms with Crippen molar-refractivity contribution in [3.63, 3.8) is 0 Å². The van der Waals surface area contributed by atoms with Crippen LogP contribution in [-0.4, -0.2) is 30.1 Å². The first kappa shape index (κ1) is 19.7. The molecule has 0 spiro atoms. The van der Waals surface area contributed by atoms with Crippen LogP contribution < -0.4 is 10.1 Å². The van der Waals surface area contributed by atoms with E-state index >= 15 is 0 Å². The summed E-state index contributed by atoms with van der Waals surface area (Å²) in [5.41, 5.74) is 0.616. The molecule has 27 heavy (non-hydrogen) atoms. The Balaban J connectivity index is 1.47. The molecule has 5 heteroatoms. The number of esters is 1. The molecule has 1 aromatic rings. The summed E-state index contributed by atoms with van der Waals surface area (Å²) in [5.74, 6) is 0.205. The van der Waals surface area contributed by atoms with Crippen molar-refractivity contribution in [2.24, 2.45) is 0 Å². The predicted molar refractivity (Wildman–Crippen MR) is 104 cm³/mol. The number of carbonyl (C=O) groups excluding carboxylic acids is 2. The Labute approximate surface area is 161 Å². The van der Waals surface area contributed by atoms with Crippen molar-refractivity contribution in [3.8, 4) is 5.75 Å². The molecule has 0 aliphatic heterocycles. The van der Waals surface area contributed by atoms with Crippen LogP contribution in [0, 0.1) is 0 Å². The minimum absolute atomic E-state index is 0.0307. The van der Waals surface area contributed by atoms with Gasteiger partial charge in [-0.25, -0.2) is 4.79 Å². The van der Waals surface area contributed by atoms with Gasteiger partial charge in [-0.1, -0.05) is 25.7 Å². The second-order valence-electron chi connectivity index (χ2n) is 7.79. The molecule has 5 nitrogen and oxygen atoms in total. The molecule has 1 atom stereocenters. The lowest BCUT2D eigenvalue weighted by Gasteiger charge is -2.24. The van der Waals surface area contributed by atoms with E-state index in [1.165, 1.54) is 25.7 Å². The fraction of sp³-hybridized carbons (Fsp3) is 0.636. The molecule has 0 saturated heterocycles. The largest absolute Gasteiger partial charge is 0.479 e. The number of ether oxygens (including phenoxy) is 2. The van der Waals surface area contributed by atoms with E-state index in [-0.39, 0.29) is 24.0 Å². The minimum atomic E-state index is -0.658. The maximum atomic E-state index is 12.3. The Bertz CT molecular complexity index is 616. The molecule has 1 amide bonds. The van der Waals surface area contributed by atoms with Gasteiger partial charge >= 0.3 is 5.97 Å². The van der Waals surface area contributed by atoms with Gasteiger partial charge in [0.05, 0.1) is 0 Å². The van der Waals surface area contributed by atoms with E-state index in [0.29, 0.717) is 11.3 Å². The van der Waals surface area contributed by atoms with Crippen LogP contribution in [0.4, 0.5) is 0 Å². The molecule has 1 N–H and O–H groups in total. The van der Waals surface area contributed by atoms with Gasteiger partial charge in [-0.05, 0) is 69.7 Å². The zero-order valence-electron chi connectivity index (χ0n) is 16.2. The zero-order valence-corrected chi connectivity index (χ0v) is 16.2. The van der Waals surface area contributed by atoms with Gasteiger partial charge in [-0.2, -0.15) is 0 Å². The fourth-order valence-corrected chi connectivity index (χ4v) is 3.90. The third kappa shape index (κ3) is 5.98. The van der Waals surface area contributed by atoms with Crippen LogP contribution in [0.3, 0.4) is 0 Å². The summed E-state index contributed by atoms with van der Waals surface area (Å²) in [4.78, 5) is 24.6. The topological polar surface area (TPSA) is 64.6 Å². The van der Waals surface area contributed by atoms with E-state index in [4.69, 9.17) is 9.47 Å². The third-order valence-corrected chi connectivity index (χ3v) is 5.54. The van der Waals surface area contributed by atoms with Crippen LogP contribution >= 0.6 is 0 Å². The first-order valence-corrected chi connectivity index (χ1v) is 10.4. The molecular formula is C22H31NO4. The summed E-state index contributed by atoms with van der Waals surface area (Å²) < 4.78 is 11.2. The molecule has 0 bridgehead atoms. The molecule has 2 fully saturated rings. The van der Waals surface area contributed by atoms with Gasteiger partial charge in [0.1, 0.15) is 11.9 Å². The molecule has 0 unspecified atom stereocenters. The summed E-state index contributed by atoms with van der Waals surface area (Å²) in [5, 5.41) is 3.11. The van der Waals surface area contributed by atoms with Crippen molar-refractivity contribution in [2.75, 3.05) is 0 Å². The number of carbonyl (C=O) groups is 2. The molecular weight excluding hydrogens is 342 g/mol. The summed E-state index contributed by atoms with van der Waals surface area (Å²) >= 11 is 0. The van der Waals surface area contributed by atoms with Gasteiger partial charge in [-0.3, -0.25) is 4.79 Å². The van der Waals surface area contributed by atoms with E-state index in [2.05, 4.69) is 5.32 Å². The van der Waals surface area contributed by atoms with E-state index in [0.717, 1.165) is 38.5 Å². The van der Waals surface area contributed by atoms with E-state index in [1.54, 1.807) is 31.2 Å². The van der Waals surface area contributed by atoms with Crippen molar-refractivity contribution in [2.45, 2.75) is 89.4 Å². The second kappa shape index (κ2) is 9.77. The maximum absolute atomic E-state index is 12.3. The molecule has 2 aliphatic carbocycles. The van der Waals surface area contributed by atoms with Gasteiger partial charge < -0.3 is 14.8 Å². The number of amides is 1. The number of nitrogens with one attached hydrogen (secondary N) is 1. The molecule has 2 aliphatic rings. The van der Waals surface area contributed by atoms with Crippen LogP contribution in [0.25, 0.3) is 0 Å². The average Bonchev–Trinajstić information content (AvgIpc) is 2.70. The molecule has 1 aromatic carbocycles. The summed E-state index contributed by atoms with van der Waals surface area (Å²) in [6, 6.07) is 7.25. The Morgan fingerprint density at radius 2 is 1.52 bits per heavy atom. The van der Waals surface area contributed by atoms with Crippen LogP contribution in [0.2, 0.25) is 0 Å². The summed E-state index contributed by atoms with van der Waals surface area (Å²) in [7, 11) is 0. The number of hydrogen-bond acceptors (Lipinski definition) is 4. The predicted octanol–water partition coefficient (Wildman–Crippen LogP) is 4.39. The first-order chi connectivity index (χ1) is 13.1. The standard InChI is InChI=1S/C22H31NO4/c1-16(22(25)27-19-10-6-3-7-11-19)26-20-14-12-17(13-15-20)21(24)23-18-8-4-2-5-9-18/h12-16,18-19H,2-11H2,1H3,(H,23,24)/t16-/m1/s1. The van der Waals surface area contributed by atoms with E-state index in [9.17, 15) is 9.59 Å². The van der Waals surface area contributed by atoms with Crippen LogP contribution in [0.5, 0.6) is 5.75 Å². The van der Waals surface area contributed by atoms with Crippen molar-refractivity contribution in [1.82, 2.24) is 5.32 Å². The Morgan fingerprint density at radius 3 is 2.15 bits per heavy atom. The van der Waals surface area contributed by atoms with E-state index < -0.39 is 6.10 Å². The number of benzene rings is 1. The van der Waals surface area contributed by atoms with Crippen LogP contribution in [0.15, 0.2) is 24.3 Å². The molecule has 0 heterocycles. The molecule has 2 saturated carbocycles. The minimum Gasteiger partial charge on any atom is -0.479 e. The average molecular weight is 373 g/mol. The van der Waals surface area contributed by atoms with Crippen molar-refractivity contribution < 1.29 is 19.1 Å². The lowest BCUT2D eigenvalue weighted by Crippen LogP contribution is -2.36. The highest BCUT2D eigenvalue weighted by atomic mass is 16.6. The first-order valence-electron chi connectivity index (χ1n) is 10.4. The fourth-order valence-electron chi connectivity index (χ4n) is 3.90. The SMILES string of the molecule is C[C@@H](Oc1ccc(C(=O)NC2CCCCC2)cc1)C(=O)OC1CCCCC1. The Kier molecular flexibility index (Phi) is 7.13. The Morgan fingerprint density at radius 1 is 0.926 bits per heavy atom. The lowest BCUT2D eigenvalue weighted by molar-refractivity contribution is -0.158. The smallest absolute Gasteiger partial charge is 0.347 e. The number of hydrogen-bond donors (Lipinski definition) is 1. The highest BCUT2D eigenvalue weighted by Crippen LogP contribution is 2.22.